The van der Waals surface area contributed by atoms with Gasteiger partial charge in [-0.25, -0.2) is 0 Å². The van der Waals surface area contributed by atoms with Crippen LogP contribution in [0, 0.1) is 11.3 Å². The van der Waals surface area contributed by atoms with Crippen molar-refractivity contribution in [3.63, 3.8) is 0 Å². The largest absolute Gasteiger partial charge is 0.391 e. The molecular weight excluding hydrogens is 268 g/mol. The Kier molecular flexibility index (Phi) is 5.25. The smallest absolute Gasteiger partial charge is 0.245 e. The average Bonchev–Trinajstić information content (AvgIpc) is 3.22. The fourth-order valence-electron chi connectivity index (χ4n) is 3.13. The molecule has 2 aliphatic rings. The molecule has 0 aromatic carbocycles. The topological polar surface area (TPSA) is 78.4 Å². The van der Waals surface area contributed by atoms with Gasteiger partial charge in [0.2, 0.25) is 11.8 Å². The van der Waals surface area contributed by atoms with E-state index in [0.29, 0.717) is 6.54 Å². The minimum absolute atomic E-state index is 0.0390. The van der Waals surface area contributed by atoms with Crippen molar-refractivity contribution in [2.24, 2.45) is 11.3 Å². The Morgan fingerprint density at radius 3 is 2.43 bits per heavy atom. The second kappa shape index (κ2) is 6.77. The maximum absolute atomic E-state index is 12.3. The molecule has 2 fully saturated rings. The Balaban J connectivity index is 1.84. The van der Waals surface area contributed by atoms with E-state index in [0.717, 1.165) is 38.5 Å². The highest BCUT2D eigenvalue weighted by atomic mass is 16.3. The van der Waals surface area contributed by atoms with Crippen molar-refractivity contribution in [3.05, 3.63) is 0 Å². The van der Waals surface area contributed by atoms with Crippen LogP contribution in [0.3, 0.4) is 0 Å². The quantitative estimate of drug-likeness (QED) is 0.632. The molecule has 5 nitrogen and oxygen atoms in total. The van der Waals surface area contributed by atoms with Crippen molar-refractivity contribution in [1.29, 1.82) is 0 Å². The number of carbonyl (C=O) groups excluding carboxylic acids is 2. The van der Waals surface area contributed by atoms with Gasteiger partial charge in [-0.2, -0.15) is 0 Å². The summed E-state index contributed by atoms with van der Waals surface area (Å²) in [7, 11) is 0. The molecule has 0 aliphatic heterocycles. The van der Waals surface area contributed by atoms with E-state index in [1.807, 2.05) is 0 Å². The zero-order chi connectivity index (χ0) is 15.5. The number of carbonyl (C=O) groups is 2. The van der Waals surface area contributed by atoms with Crippen LogP contribution in [0.2, 0.25) is 0 Å². The third-order valence-corrected chi connectivity index (χ3v) is 4.84. The molecule has 0 aromatic heterocycles. The Hall–Kier alpha value is -1.10. The molecule has 2 saturated carbocycles. The number of hydrogen-bond acceptors (Lipinski definition) is 3. The summed E-state index contributed by atoms with van der Waals surface area (Å²) >= 11 is 0. The molecule has 2 amide bonds. The molecule has 2 atom stereocenters. The molecular formula is C16H28N2O3. The van der Waals surface area contributed by atoms with E-state index in [4.69, 9.17) is 0 Å². The van der Waals surface area contributed by atoms with Crippen molar-refractivity contribution in [2.75, 3.05) is 6.54 Å². The number of aliphatic hydroxyl groups excluding tert-OH is 1. The van der Waals surface area contributed by atoms with Gasteiger partial charge in [0.1, 0.15) is 6.04 Å². The maximum atomic E-state index is 12.3. The molecule has 0 spiro atoms. The second-order valence-electron chi connectivity index (χ2n) is 6.82. The summed E-state index contributed by atoms with van der Waals surface area (Å²) in [4.78, 5) is 24.1. The summed E-state index contributed by atoms with van der Waals surface area (Å²) in [6.07, 6.45) is 6.70. The number of aliphatic hydroxyl groups is 1. The highest BCUT2D eigenvalue weighted by molar-refractivity contribution is 5.89. The summed E-state index contributed by atoms with van der Waals surface area (Å²) in [5.41, 5.74) is 0.244. The van der Waals surface area contributed by atoms with Crippen LogP contribution in [-0.4, -0.2) is 35.6 Å². The first-order valence-corrected chi connectivity index (χ1v) is 8.23. The zero-order valence-corrected chi connectivity index (χ0v) is 13.2. The van der Waals surface area contributed by atoms with Crippen molar-refractivity contribution in [3.8, 4) is 0 Å². The van der Waals surface area contributed by atoms with Crippen LogP contribution in [0.25, 0.3) is 0 Å². The first-order valence-electron chi connectivity index (χ1n) is 8.23. The van der Waals surface area contributed by atoms with E-state index >= 15 is 0 Å². The molecule has 0 saturated heterocycles. The monoisotopic (exact) mass is 296 g/mol. The fraction of sp³-hybridized carbons (Fsp3) is 0.875. The summed E-state index contributed by atoms with van der Waals surface area (Å²) < 4.78 is 0. The average molecular weight is 296 g/mol. The predicted molar refractivity (Wildman–Crippen MR) is 80.5 cm³/mol. The molecule has 2 unspecified atom stereocenters. The van der Waals surface area contributed by atoms with Crippen LogP contribution in [0.4, 0.5) is 0 Å². The Morgan fingerprint density at radius 2 is 2.00 bits per heavy atom. The van der Waals surface area contributed by atoms with Gasteiger partial charge in [0.15, 0.2) is 0 Å². The summed E-state index contributed by atoms with van der Waals surface area (Å²) in [5, 5.41) is 15.4. The van der Waals surface area contributed by atoms with Crippen LogP contribution >= 0.6 is 0 Å². The van der Waals surface area contributed by atoms with Gasteiger partial charge < -0.3 is 15.7 Å². The molecule has 120 valence electrons. The van der Waals surface area contributed by atoms with E-state index in [1.54, 1.807) is 6.92 Å². The number of nitrogens with one attached hydrogen (secondary N) is 2. The standard InChI is InChI=1S/C16H28N2O3/c1-3-7-16(8-4-9-16)10-17-15(21)13(11(2)19)18-14(20)12-5-6-12/h11-13,19H,3-10H2,1-2H3,(H,17,21)(H,18,20). The van der Waals surface area contributed by atoms with Crippen LogP contribution in [-0.2, 0) is 9.59 Å². The number of amides is 2. The van der Waals surface area contributed by atoms with Crippen LogP contribution in [0.5, 0.6) is 0 Å². The zero-order valence-electron chi connectivity index (χ0n) is 13.2. The Bertz CT molecular complexity index is 387. The lowest BCUT2D eigenvalue weighted by Gasteiger charge is -2.42. The first-order chi connectivity index (χ1) is 9.97. The lowest BCUT2D eigenvalue weighted by molar-refractivity contribution is -0.132. The summed E-state index contributed by atoms with van der Waals surface area (Å²) in [6.45, 7) is 4.36. The summed E-state index contributed by atoms with van der Waals surface area (Å²) in [6, 6.07) is -0.836. The number of rotatable bonds is 8. The van der Waals surface area contributed by atoms with Crippen molar-refractivity contribution < 1.29 is 14.7 Å². The molecule has 0 radical (unpaired) electrons. The highest BCUT2D eigenvalue weighted by Gasteiger charge is 2.38. The number of hydrogen-bond donors (Lipinski definition) is 3. The first kappa shape index (κ1) is 16.3. The van der Waals surface area contributed by atoms with Crippen molar-refractivity contribution in [1.82, 2.24) is 10.6 Å². The van der Waals surface area contributed by atoms with Gasteiger partial charge in [-0.05, 0) is 44.4 Å². The summed E-state index contributed by atoms with van der Waals surface area (Å²) in [5.74, 6) is -0.332. The maximum Gasteiger partial charge on any atom is 0.245 e. The van der Waals surface area contributed by atoms with Crippen molar-refractivity contribution in [2.45, 2.75) is 70.9 Å². The normalized spacial score (nSPS) is 22.8. The van der Waals surface area contributed by atoms with E-state index in [9.17, 15) is 14.7 Å². The van der Waals surface area contributed by atoms with Gasteiger partial charge in [-0.1, -0.05) is 19.8 Å². The predicted octanol–water partition coefficient (Wildman–Crippen LogP) is 1.35. The third kappa shape index (κ3) is 4.19. The molecule has 2 rings (SSSR count). The highest BCUT2D eigenvalue weighted by Crippen LogP contribution is 2.44. The van der Waals surface area contributed by atoms with Gasteiger partial charge in [0, 0.05) is 12.5 Å². The minimum atomic E-state index is -0.879. The van der Waals surface area contributed by atoms with Crippen molar-refractivity contribution >= 4 is 11.8 Å². The van der Waals surface area contributed by atoms with Gasteiger partial charge in [-0.3, -0.25) is 9.59 Å². The van der Waals surface area contributed by atoms with Crippen LogP contribution < -0.4 is 10.6 Å². The molecule has 0 bridgehead atoms. The molecule has 3 N–H and O–H groups in total. The Morgan fingerprint density at radius 1 is 1.33 bits per heavy atom. The Labute approximate surface area is 126 Å². The van der Waals surface area contributed by atoms with Gasteiger partial charge in [0.25, 0.3) is 0 Å². The van der Waals surface area contributed by atoms with Gasteiger partial charge in [0.05, 0.1) is 6.10 Å². The SMILES string of the molecule is CCCC1(CNC(=O)C(NC(=O)C2CC2)C(C)O)CCC1. The van der Waals surface area contributed by atoms with Gasteiger partial charge >= 0.3 is 0 Å². The minimum Gasteiger partial charge on any atom is -0.391 e. The molecule has 2 aliphatic carbocycles. The molecule has 5 heteroatoms. The van der Waals surface area contributed by atoms with E-state index in [-0.39, 0.29) is 23.1 Å². The molecule has 0 aromatic rings. The van der Waals surface area contributed by atoms with E-state index in [2.05, 4.69) is 17.6 Å². The second-order valence-corrected chi connectivity index (χ2v) is 6.82. The van der Waals surface area contributed by atoms with Gasteiger partial charge in [-0.15, -0.1) is 0 Å². The fourth-order valence-corrected chi connectivity index (χ4v) is 3.13. The van der Waals surface area contributed by atoms with E-state index in [1.165, 1.54) is 6.42 Å². The third-order valence-electron chi connectivity index (χ3n) is 4.84. The molecule has 21 heavy (non-hydrogen) atoms. The lowest BCUT2D eigenvalue weighted by atomic mass is 9.66. The van der Waals surface area contributed by atoms with Crippen LogP contribution in [0.15, 0.2) is 0 Å². The lowest BCUT2D eigenvalue weighted by Crippen LogP contribution is -2.55. The van der Waals surface area contributed by atoms with Crippen LogP contribution in [0.1, 0.15) is 58.8 Å². The van der Waals surface area contributed by atoms with E-state index < -0.39 is 12.1 Å². The molecule has 0 heterocycles.